The zero-order valence-corrected chi connectivity index (χ0v) is 23.4. The molecule has 0 aromatic heterocycles. The third kappa shape index (κ3) is 9.08. The number of carboxylic acids is 1. The number of hydrogen-bond donors (Lipinski definition) is 3. The molecular formula is C32H38N4O5. The van der Waals surface area contributed by atoms with E-state index in [1.165, 1.54) is 0 Å². The minimum atomic E-state index is -0.952. The SMILES string of the molecule is CN(CCN1CCC(OC(=O)Nc2ccccc2-c2ccccc2)CC1)C(=O)CCCNc1ccc(C(=O)O)cc1. The summed E-state index contributed by atoms with van der Waals surface area (Å²) in [4.78, 5) is 40.2. The summed E-state index contributed by atoms with van der Waals surface area (Å²) < 4.78 is 5.73. The van der Waals surface area contributed by atoms with Crippen LogP contribution in [0.5, 0.6) is 0 Å². The van der Waals surface area contributed by atoms with Gasteiger partial charge in [-0.15, -0.1) is 0 Å². The van der Waals surface area contributed by atoms with Crippen LogP contribution in [0.1, 0.15) is 36.0 Å². The third-order valence-electron chi connectivity index (χ3n) is 7.26. The Morgan fingerprint density at radius 1 is 0.951 bits per heavy atom. The lowest BCUT2D eigenvalue weighted by Gasteiger charge is -2.32. The predicted molar refractivity (Wildman–Crippen MR) is 160 cm³/mol. The number of nitrogens with zero attached hydrogens (tertiary/aromatic N) is 2. The van der Waals surface area contributed by atoms with Crippen LogP contribution in [0.15, 0.2) is 78.9 Å². The van der Waals surface area contributed by atoms with Crippen LogP contribution >= 0.6 is 0 Å². The Bertz CT molecular complexity index is 1290. The molecule has 9 nitrogen and oxygen atoms in total. The Balaban J connectivity index is 1.11. The van der Waals surface area contributed by atoms with Crippen molar-refractivity contribution in [2.75, 3.05) is 50.4 Å². The van der Waals surface area contributed by atoms with E-state index in [-0.39, 0.29) is 17.6 Å². The van der Waals surface area contributed by atoms with Crippen molar-refractivity contribution in [2.45, 2.75) is 31.8 Å². The second kappa shape index (κ2) is 14.9. The van der Waals surface area contributed by atoms with Gasteiger partial charge in [-0.25, -0.2) is 9.59 Å². The van der Waals surface area contributed by atoms with Gasteiger partial charge >= 0.3 is 12.1 Å². The fourth-order valence-electron chi connectivity index (χ4n) is 4.81. The molecule has 0 atom stereocenters. The molecule has 9 heteroatoms. The summed E-state index contributed by atoms with van der Waals surface area (Å²) >= 11 is 0. The van der Waals surface area contributed by atoms with Gasteiger partial charge < -0.3 is 25.0 Å². The van der Waals surface area contributed by atoms with Crippen LogP contribution in [0.2, 0.25) is 0 Å². The molecule has 0 radical (unpaired) electrons. The highest BCUT2D eigenvalue weighted by Gasteiger charge is 2.23. The van der Waals surface area contributed by atoms with Crippen LogP contribution in [0, 0.1) is 0 Å². The Hall–Kier alpha value is -4.37. The van der Waals surface area contributed by atoms with Crippen molar-refractivity contribution in [3.63, 3.8) is 0 Å². The van der Waals surface area contributed by atoms with E-state index in [9.17, 15) is 14.4 Å². The van der Waals surface area contributed by atoms with Crippen molar-refractivity contribution in [2.24, 2.45) is 0 Å². The highest BCUT2D eigenvalue weighted by molar-refractivity contribution is 5.91. The number of aromatic carboxylic acids is 1. The number of nitrogens with one attached hydrogen (secondary N) is 2. The average Bonchev–Trinajstić information content (AvgIpc) is 2.99. The van der Waals surface area contributed by atoms with E-state index in [2.05, 4.69) is 15.5 Å². The molecule has 1 saturated heterocycles. The fraction of sp³-hybridized carbons (Fsp3) is 0.344. The topological polar surface area (TPSA) is 111 Å². The highest BCUT2D eigenvalue weighted by Crippen LogP contribution is 2.28. The van der Waals surface area contributed by atoms with E-state index in [1.54, 1.807) is 29.2 Å². The van der Waals surface area contributed by atoms with Gasteiger partial charge in [-0.05, 0) is 55.2 Å². The third-order valence-corrected chi connectivity index (χ3v) is 7.26. The number of ether oxygens (including phenoxy) is 1. The van der Waals surface area contributed by atoms with E-state index in [1.807, 2.05) is 61.6 Å². The molecule has 1 heterocycles. The van der Waals surface area contributed by atoms with Crippen molar-refractivity contribution in [1.82, 2.24) is 9.80 Å². The summed E-state index contributed by atoms with van der Waals surface area (Å²) in [6.07, 6.45) is 2.06. The molecule has 0 spiro atoms. The maximum Gasteiger partial charge on any atom is 0.411 e. The number of carboxylic acid groups (broad SMARTS) is 1. The number of carbonyl (C=O) groups excluding carboxylic acids is 2. The molecule has 216 valence electrons. The number of carbonyl (C=O) groups is 3. The Labute approximate surface area is 241 Å². The van der Waals surface area contributed by atoms with Crippen molar-refractivity contribution >= 4 is 29.3 Å². The number of benzene rings is 3. The smallest absolute Gasteiger partial charge is 0.411 e. The van der Waals surface area contributed by atoms with Gasteiger partial charge in [-0.3, -0.25) is 10.1 Å². The predicted octanol–water partition coefficient (Wildman–Crippen LogP) is 5.42. The standard InChI is InChI=1S/C32H38N4O5/c1-35(30(37)12-7-19-33-26-15-13-25(14-16-26)31(38)39)22-23-36-20-17-27(18-21-36)41-32(40)34-29-11-6-5-10-28(29)24-8-3-2-4-9-24/h2-6,8-11,13-16,27,33H,7,12,17-23H2,1H3,(H,34,40)(H,38,39). The summed E-state index contributed by atoms with van der Waals surface area (Å²) in [5.41, 5.74) is 3.77. The monoisotopic (exact) mass is 558 g/mol. The number of piperidine rings is 1. The molecule has 1 fully saturated rings. The number of anilines is 2. The quantitative estimate of drug-likeness (QED) is 0.255. The maximum absolute atomic E-state index is 12.6. The van der Waals surface area contributed by atoms with Crippen LogP contribution in [-0.2, 0) is 9.53 Å². The molecule has 3 N–H and O–H groups in total. The van der Waals surface area contributed by atoms with E-state index in [4.69, 9.17) is 9.84 Å². The van der Waals surface area contributed by atoms with Crippen LogP contribution < -0.4 is 10.6 Å². The van der Waals surface area contributed by atoms with Gasteiger partial charge in [-0.2, -0.15) is 0 Å². The molecule has 3 aromatic rings. The molecule has 41 heavy (non-hydrogen) atoms. The summed E-state index contributed by atoms with van der Waals surface area (Å²) in [5, 5.41) is 15.1. The minimum absolute atomic E-state index is 0.0960. The molecule has 2 amide bonds. The highest BCUT2D eigenvalue weighted by atomic mass is 16.6. The molecule has 1 aliphatic heterocycles. The van der Waals surface area contributed by atoms with E-state index >= 15 is 0 Å². The summed E-state index contributed by atoms with van der Waals surface area (Å²) in [5.74, 6) is -0.856. The van der Waals surface area contributed by atoms with Crippen molar-refractivity contribution in [1.29, 1.82) is 0 Å². The van der Waals surface area contributed by atoms with Gasteiger partial charge in [0.25, 0.3) is 0 Å². The second-order valence-electron chi connectivity index (χ2n) is 10.2. The number of para-hydroxylation sites is 1. The normalized spacial score (nSPS) is 13.8. The fourth-order valence-corrected chi connectivity index (χ4v) is 4.81. The molecule has 0 unspecified atom stereocenters. The first-order chi connectivity index (χ1) is 19.9. The first-order valence-corrected chi connectivity index (χ1v) is 14.0. The van der Waals surface area contributed by atoms with Gasteiger partial charge in [0.1, 0.15) is 6.10 Å². The molecule has 4 rings (SSSR count). The molecule has 0 aliphatic carbocycles. The number of likely N-dealkylation sites (tertiary alicyclic amines) is 1. The number of rotatable bonds is 12. The van der Waals surface area contributed by atoms with Gasteiger partial charge in [0.05, 0.1) is 11.3 Å². The number of likely N-dealkylation sites (N-methyl/N-ethyl adjacent to an activating group) is 1. The zero-order chi connectivity index (χ0) is 29.0. The molecule has 1 aliphatic rings. The first-order valence-electron chi connectivity index (χ1n) is 14.0. The summed E-state index contributed by atoms with van der Waals surface area (Å²) in [7, 11) is 1.83. The Kier molecular flexibility index (Phi) is 10.7. The maximum atomic E-state index is 12.6. The van der Waals surface area contributed by atoms with Crippen LogP contribution in [0.25, 0.3) is 11.1 Å². The Morgan fingerprint density at radius 3 is 2.34 bits per heavy atom. The summed E-state index contributed by atoms with van der Waals surface area (Å²) in [6.45, 7) is 3.67. The Morgan fingerprint density at radius 2 is 1.63 bits per heavy atom. The first kappa shape index (κ1) is 29.6. The van der Waals surface area contributed by atoms with Crippen molar-refractivity contribution in [3.8, 4) is 11.1 Å². The van der Waals surface area contributed by atoms with E-state index in [0.29, 0.717) is 25.9 Å². The molecule has 3 aromatic carbocycles. The van der Waals surface area contributed by atoms with E-state index < -0.39 is 12.1 Å². The van der Waals surface area contributed by atoms with Crippen LogP contribution in [0.3, 0.4) is 0 Å². The lowest BCUT2D eigenvalue weighted by Crippen LogP contribution is -2.42. The lowest BCUT2D eigenvalue weighted by atomic mass is 10.0. The minimum Gasteiger partial charge on any atom is -0.478 e. The van der Waals surface area contributed by atoms with Gasteiger partial charge in [-0.1, -0.05) is 48.5 Å². The van der Waals surface area contributed by atoms with Crippen molar-refractivity contribution < 1.29 is 24.2 Å². The molecule has 0 bridgehead atoms. The van der Waals surface area contributed by atoms with Gasteiger partial charge in [0, 0.05) is 57.4 Å². The van der Waals surface area contributed by atoms with Crippen molar-refractivity contribution in [3.05, 3.63) is 84.4 Å². The largest absolute Gasteiger partial charge is 0.478 e. The number of amides is 2. The zero-order valence-electron chi connectivity index (χ0n) is 23.4. The molecule has 0 saturated carbocycles. The second-order valence-corrected chi connectivity index (χ2v) is 10.2. The van der Waals surface area contributed by atoms with Gasteiger partial charge in [0.2, 0.25) is 5.91 Å². The van der Waals surface area contributed by atoms with Gasteiger partial charge in [0.15, 0.2) is 0 Å². The lowest BCUT2D eigenvalue weighted by molar-refractivity contribution is -0.130. The van der Waals surface area contributed by atoms with E-state index in [0.717, 1.165) is 55.0 Å². The molecular weight excluding hydrogens is 520 g/mol. The number of hydrogen-bond acceptors (Lipinski definition) is 6. The van der Waals surface area contributed by atoms with Crippen LogP contribution in [-0.4, -0.2) is 78.8 Å². The van der Waals surface area contributed by atoms with Crippen LogP contribution in [0.4, 0.5) is 16.2 Å². The summed E-state index contributed by atoms with van der Waals surface area (Å²) in [6, 6.07) is 24.2. The average molecular weight is 559 g/mol.